The molecule has 0 unspecified atom stereocenters. The van der Waals surface area contributed by atoms with Crippen molar-refractivity contribution in [2.24, 2.45) is 0 Å². The van der Waals surface area contributed by atoms with E-state index in [4.69, 9.17) is 0 Å². The minimum Gasteiger partial charge on any atom is -0.324 e. The van der Waals surface area contributed by atoms with E-state index >= 15 is 0 Å². The van der Waals surface area contributed by atoms with Gasteiger partial charge in [-0.05, 0) is 61.2 Å². The number of benzene rings is 2. The molecule has 30 heavy (non-hydrogen) atoms. The predicted molar refractivity (Wildman–Crippen MR) is 118 cm³/mol. The molecule has 4 rings (SSSR count). The molecule has 0 bridgehead atoms. The molecule has 0 aromatic heterocycles. The fourth-order valence-corrected chi connectivity index (χ4v) is 5.64. The molecule has 3 amide bonds. The molecule has 2 saturated heterocycles. The second-order valence-electron chi connectivity index (χ2n) is 7.73. The van der Waals surface area contributed by atoms with Gasteiger partial charge in [0.2, 0.25) is 0 Å². The van der Waals surface area contributed by atoms with Crippen LogP contribution in [0, 0.1) is 5.82 Å². The SMILES string of the molecule is CCc1cccc(NC(=O)N2CCC3(CC2)SCCN3C(=O)c2ccc(F)cc2)c1. The summed E-state index contributed by atoms with van der Waals surface area (Å²) in [6, 6.07) is 13.5. The van der Waals surface area contributed by atoms with Crippen LogP contribution in [0.3, 0.4) is 0 Å². The lowest BCUT2D eigenvalue weighted by atomic mass is 10.0. The number of nitrogens with zero attached hydrogens (tertiary/aromatic N) is 2. The molecular formula is C23H26FN3O2S. The van der Waals surface area contributed by atoms with Crippen molar-refractivity contribution in [3.63, 3.8) is 0 Å². The number of urea groups is 1. The smallest absolute Gasteiger partial charge is 0.321 e. The molecule has 7 heteroatoms. The van der Waals surface area contributed by atoms with Gasteiger partial charge in [-0.25, -0.2) is 9.18 Å². The molecule has 0 aliphatic carbocycles. The Balaban J connectivity index is 1.40. The van der Waals surface area contributed by atoms with Crippen LogP contribution in [-0.2, 0) is 6.42 Å². The Morgan fingerprint density at radius 3 is 2.53 bits per heavy atom. The van der Waals surface area contributed by atoms with Crippen LogP contribution in [0.2, 0.25) is 0 Å². The number of likely N-dealkylation sites (tertiary alicyclic amines) is 1. The molecule has 5 nitrogen and oxygen atoms in total. The van der Waals surface area contributed by atoms with Gasteiger partial charge in [-0.3, -0.25) is 4.79 Å². The Bertz CT molecular complexity index is 926. The van der Waals surface area contributed by atoms with Gasteiger partial charge < -0.3 is 15.1 Å². The van der Waals surface area contributed by atoms with Gasteiger partial charge in [-0.1, -0.05) is 19.1 Å². The zero-order valence-corrected chi connectivity index (χ0v) is 17.9. The fraction of sp³-hybridized carbons (Fsp3) is 0.391. The summed E-state index contributed by atoms with van der Waals surface area (Å²) in [5, 5.41) is 2.99. The summed E-state index contributed by atoms with van der Waals surface area (Å²) < 4.78 is 13.2. The van der Waals surface area contributed by atoms with Gasteiger partial charge in [0, 0.05) is 36.6 Å². The highest BCUT2D eigenvalue weighted by molar-refractivity contribution is 8.00. The summed E-state index contributed by atoms with van der Waals surface area (Å²) in [4.78, 5) is 29.2. The van der Waals surface area contributed by atoms with Crippen LogP contribution in [0.4, 0.5) is 14.9 Å². The number of amides is 3. The monoisotopic (exact) mass is 427 g/mol. The molecule has 2 aliphatic rings. The molecule has 0 atom stereocenters. The molecule has 2 heterocycles. The maximum absolute atomic E-state index is 13.2. The fourth-order valence-electron chi connectivity index (χ4n) is 4.19. The first-order chi connectivity index (χ1) is 14.5. The number of piperidine rings is 1. The Morgan fingerprint density at radius 1 is 1.10 bits per heavy atom. The van der Waals surface area contributed by atoms with Gasteiger partial charge in [0.25, 0.3) is 5.91 Å². The van der Waals surface area contributed by atoms with E-state index < -0.39 is 0 Å². The lowest BCUT2D eigenvalue weighted by Crippen LogP contribution is -2.54. The molecule has 2 fully saturated rings. The van der Waals surface area contributed by atoms with Gasteiger partial charge in [0.05, 0.1) is 4.87 Å². The van der Waals surface area contributed by atoms with Crippen molar-refractivity contribution in [3.05, 3.63) is 65.5 Å². The average Bonchev–Trinajstić information content (AvgIpc) is 3.17. The van der Waals surface area contributed by atoms with E-state index in [0.717, 1.165) is 30.7 Å². The second-order valence-corrected chi connectivity index (χ2v) is 9.19. The highest BCUT2D eigenvalue weighted by Crippen LogP contribution is 2.44. The van der Waals surface area contributed by atoms with Crippen LogP contribution in [0.5, 0.6) is 0 Å². The maximum atomic E-state index is 13.2. The van der Waals surface area contributed by atoms with Crippen LogP contribution in [0.25, 0.3) is 0 Å². The first kappa shape index (κ1) is 20.7. The first-order valence-electron chi connectivity index (χ1n) is 10.4. The van der Waals surface area contributed by atoms with E-state index in [9.17, 15) is 14.0 Å². The zero-order valence-electron chi connectivity index (χ0n) is 17.1. The van der Waals surface area contributed by atoms with E-state index in [1.807, 2.05) is 34.1 Å². The third-order valence-corrected chi connectivity index (χ3v) is 7.48. The van der Waals surface area contributed by atoms with Crippen molar-refractivity contribution >= 4 is 29.4 Å². The molecule has 2 aromatic rings. The molecule has 0 saturated carbocycles. The third kappa shape index (κ3) is 4.17. The van der Waals surface area contributed by atoms with Crippen LogP contribution in [0.15, 0.2) is 48.5 Å². The standard InChI is InChI=1S/C23H26FN3O2S/c1-2-17-4-3-5-20(16-17)25-22(29)26-12-10-23(11-13-26)27(14-15-30-23)21(28)18-6-8-19(24)9-7-18/h3-9,16H,2,10-15H2,1H3,(H,25,29). The number of hydrogen-bond donors (Lipinski definition) is 1. The topological polar surface area (TPSA) is 52.7 Å². The number of hydrogen-bond acceptors (Lipinski definition) is 3. The molecular weight excluding hydrogens is 401 g/mol. The lowest BCUT2D eigenvalue weighted by Gasteiger charge is -2.44. The van der Waals surface area contributed by atoms with Gasteiger partial charge in [0.1, 0.15) is 5.82 Å². The van der Waals surface area contributed by atoms with Crippen molar-refractivity contribution in [2.75, 3.05) is 30.7 Å². The van der Waals surface area contributed by atoms with Crippen LogP contribution < -0.4 is 5.32 Å². The van der Waals surface area contributed by atoms with E-state index in [2.05, 4.69) is 12.2 Å². The van der Waals surface area contributed by atoms with Gasteiger partial charge in [0.15, 0.2) is 0 Å². The molecule has 158 valence electrons. The van der Waals surface area contributed by atoms with E-state index in [1.165, 1.54) is 17.7 Å². The molecule has 1 N–H and O–H groups in total. The van der Waals surface area contributed by atoms with Gasteiger partial charge in [-0.2, -0.15) is 0 Å². The summed E-state index contributed by atoms with van der Waals surface area (Å²) in [7, 11) is 0. The number of halogens is 1. The quantitative estimate of drug-likeness (QED) is 0.779. The average molecular weight is 428 g/mol. The van der Waals surface area contributed by atoms with Crippen molar-refractivity contribution in [2.45, 2.75) is 31.1 Å². The van der Waals surface area contributed by atoms with Gasteiger partial charge >= 0.3 is 6.03 Å². The number of carbonyl (C=O) groups is 2. The summed E-state index contributed by atoms with van der Waals surface area (Å²) in [6.45, 7) is 3.96. The highest BCUT2D eigenvalue weighted by atomic mass is 32.2. The first-order valence-corrected chi connectivity index (χ1v) is 11.4. The Morgan fingerprint density at radius 2 is 1.83 bits per heavy atom. The number of rotatable bonds is 3. The number of thioether (sulfide) groups is 1. The van der Waals surface area contributed by atoms with Crippen molar-refractivity contribution in [1.82, 2.24) is 9.80 Å². The lowest BCUT2D eigenvalue weighted by molar-refractivity contribution is 0.0585. The number of nitrogens with one attached hydrogen (secondary N) is 1. The summed E-state index contributed by atoms with van der Waals surface area (Å²) in [6.07, 6.45) is 2.38. The van der Waals surface area contributed by atoms with E-state index in [-0.39, 0.29) is 22.6 Å². The third-order valence-electron chi connectivity index (χ3n) is 5.93. The normalized spacial score (nSPS) is 17.9. The Labute approximate surface area is 180 Å². The molecule has 2 aromatic carbocycles. The van der Waals surface area contributed by atoms with Crippen molar-refractivity contribution < 1.29 is 14.0 Å². The number of carbonyl (C=O) groups excluding carboxylic acids is 2. The Kier molecular flexibility index (Phi) is 5.99. The number of aryl methyl sites for hydroxylation is 1. The van der Waals surface area contributed by atoms with E-state index in [1.54, 1.807) is 23.9 Å². The maximum Gasteiger partial charge on any atom is 0.321 e. The highest BCUT2D eigenvalue weighted by Gasteiger charge is 2.47. The van der Waals surface area contributed by atoms with Crippen LogP contribution in [-0.4, -0.2) is 52.0 Å². The van der Waals surface area contributed by atoms with Crippen molar-refractivity contribution in [1.29, 1.82) is 0 Å². The van der Waals surface area contributed by atoms with Gasteiger partial charge in [-0.15, -0.1) is 11.8 Å². The summed E-state index contributed by atoms with van der Waals surface area (Å²) >= 11 is 1.80. The minimum atomic E-state index is -0.346. The largest absolute Gasteiger partial charge is 0.324 e. The van der Waals surface area contributed by atoms with Crippen molar-refractivity contribution in [3.8, 4) is 0 Å². The van der Waals surface area contributed by atoms with Crippen LogP contribution >= 0.6 is 11.8 Å². The predicted octanol–water partition coefficient (Wildman–Crippen LogP) is 4.60. The Hall–Kier alpha value is -2.54. The molecule has 1 spiro atoms. The zero-order chi connectivity index (χ0) is 21.1. The molecule has 2 aliphatic heterocycles. The van der Waals surface area contributed by atoms with Crippen LogP contribution in [0.1, 0.15) is 35.7 Å². The summed E-state index contributed by atoms with van der Waals surface area (Å²) in [5.41, 5.74) is 2.50. The van der Waals surface area contributed by atoms with E-state index in [0.29, 0.717) is 25.2 Å². The minimum absolute atomic E-state index is 0.0608. The second kappa shape index (κ2) is 8.68. The summed E-state index contributed by atoms with van der Waals surface area (Å²) in [5.74, 6) is 0.471. The number of anilines is 1. The molecule has 0 radical (unpaired) electrons.